The first kappa shape index (κ1) is 23.2. The molecule has 0 amide bonds. The number of fused-ring (bicyclic) bond motifs is 1. The van der Waals surface area contributed by atoms with Gasteiger partial charge in [-0.05, 0) is 29.3 Å². The molecule has 0 spiro atoms. The molecule has 0 fully saturated rings. The fourth-order valence-electron chi connectivity index (χ4n) is 3.01. The van der Waals surface area contributed by atoms with Crippen molar-refractivity contribution in [3.63, 3.8) is 0 Å². The average Bonchev–Trinajstić information content (AvgIpc) is 3.37. The van der Waals surface area contributed by atoms with Crippen molar-refractivity contribution in [3.8, 4) is 17.0 Å². The van der Waals surface area contributed by atoms with Gasteiger partial charge in [0.2, 0.25) is 17.7 Å². The number of nitrogens with one attached hydrogen (secondary N) is 1. The van der Waals surface area contributed by atoms with Crippen LogP contribution in [0.3, 0.4) is 0 Å². The molecule has 1 unspecified atom stereocenters. The summed E-state index contributed by atoms with van der Waals surface area (Å²) in [5.41, 5.74) is 2.36. The third-order valence-electron chi connectivity index (χ3n) is 4.47. The maximum Gasteiger partial charge on any atom is 0.274 e. The number of benzene rings is 1. The molecule has 1 aromatic carbocycles. The van der Waals surface area contributed by atoms with E-state index in [4.69, 9.17) is 14.3 Å². The molecule has 0 bridgehead atoms. The van der Waals surface area contributed by atoms with Gasteiger partial charge in [-0.2, -0.15) is 13.1 Å². The summed E-state index contributed by atoms with van der Waals surface area (Å²) in [6.07, 6.45) is 2.67. The highest BCUT2D eigenvalue weighted by molar-refractivity contribution is 7.91. The average molecular weight is 511 g/mol. The Kier molecular flexibility index (Phi) is 6.15. The molecule has 174 valence electrons. The van der Waals surface area contributed by atoms with E-state index >= 15 is 0 Å². The number of methoxy groups -OCH3 is 1. The van der Waals surface area contributed by atoms with Crippen molar-refractivity contribution in [2.75, 3.05) is 13.4 Å². The molecule has 4 rings (SSSR count). The van der Waals surface area contributed by atoms with Gasteiger partial charge in [-0.25, -0.2) is 23.5 Å². The molecule has 3 aromatic heterocycles. The summed E-state index contributed by atoms with van der Waals surface area (Å²) in [5.74, 6) is 0.114. The molecule has 3 heterocycles. The van der Waals surface area contributed by atoms with Crippen molar-refractivity contribution in [1.82, 2.24) is 24.9 Å². The summed E-state index contributed by atoms with van der Waals surface area (Å²) < 4.78 is 60.6. The number of nitrogens with two attached hydrogens (primary N) is 1. The van der Waals surface area contributed by atoms with Gasteiger partial charge < -0.3 is 9.15 Å². The largest absolute Gasteiger partial charge is 0.481 e. The molecule has 3 N–H and O–H groups in total. The van der Waals surface area contributed by atoms with Crippen molar-refractivity contribution in [3.05, 3.63) is 53.3 Å². The number of sulfone groups is 1. The second-order valence-electron chi connectivity index (χ2n) is 6.93. The zero-order valence-corrected chi connectivity index (χ0v) is 19.7. The van der Waals surface area contributed by atoms with Crippen LogP contribution in [0, 0.1) is 0 Å². The number of thiazole rings is 1. The Morgan fingerprint density at radius 3 is 2.61 bits per heavy atom. The molecular weight excluding hydrogens is 492 g/mol. The van der Waals surface area contributed by atoms with Crippen molar-refractivity contribution in [1.29, 1.82) is 0 Å². The fraction of sp³-hybridized carbons (Fsp3) is 0.222. The van der Waals surface area contributed by atoms with Crippen LogP contribution in [-0.4, -0.2) is 50.4 Å². The van der Waals surface area contributed by atoms with Gasteiger partial charge in [0, 0.05) is 18.5 Å². The number of hydrogen-bond donors (Lipinski definition) is 2. The lowest BCUT2D eigenvalue weighted by atomic mass is 10.1. The van der Waals surface area contributed by atoms with E-state index in [1.165, 1.54) is 18.4 Å². The van der Waals surface area contributed by atoms with E-state index in [0.717, 1.165) is 22.1 Å². The number of nitrogens with zero attached hydrogens (tertiary/aromatic N) is 4. The Labute approximate surface area is 192 Å². The van der Waals surface area contributed by atoms with E-state index in [1.54, 1.807) is 18.3 Å². The van der Waals surface area contributed by atoms with E-state index in [-0.39, 0.29) is 23.3 Å². The number of aromatic nitrogens is 4. The third kappa shape index (κ3) is 5.33. The van der Waals surface area contributed by atoms with Crippen LogP contribution >= 0.6 is 11.3 Å². The van der Waals surface area contributed by atoms with Crippen molar-refractivity contribution in [2.24, 2.45) is 5.14 Å². The van der Waals surface area contributed by atoms with Crippen LogP contribution in [0.1, 0.15) is 22.0 Å². The standard InChI is InChI=1S/C18H18N6O6S3/c1-29-14-8-11(5-6-20-14)10-3-4-12-13(7-10)31-18(22-12)16(32(2,25)26)17-24-23-15(30-17)9-21-33(19,27)28/h3-8,16,21H,9H2,1-2H3,(H2,19,27,28). The van der Waals surface area contributed by atoms with Gasteiger partial charge >= 0.3 is 0 Å². The minimum Gasteiger partial charge on any atom is -0.481 e. The maximum absolute atomic E-state index is 12.6. The van der Waals surface area contributed by atoms with Crippen molar-refractivity contribution in [2.45, 2.75) is 11.8 Å². The van der Waals surface area contributed by atoms with Crippen LogP contribution in [0.4, 0.5) is 0 Å². The van der Waals surface area contributed by atoms with E-state index < -0.39 is 25.3 Å². The van der Waals surface area contributed by atoms with Gasteiger partial charge in [0.25, 0.3) is 10.2 Å². The quantitative estimate of drug-likeness (QED) is 0.349. The minimum atomic E-state index is -3.98. The summed E-state index contributed by atoms with van der Waals surface area (Å²) >= 11 is 1.18. The number of ether oxygens (including phenoxy) is 1. The summed E-state index contributed by atoms with van der Waals surface area (Å²) in [6.45, 7) is -0.374. The summed E-state index contributed by atoms with van der Waals surface area (Å²) in [5, 5.41) is 11.3. The number of hydrogen-bond acceptors (Lipinski definition) is 11. The van der Waals surface area contributed by atoms with Gasteiger partial charge in [-0.15, -0.1) is 21.5 Å². The number of rotatable bonds is 8. The van der Waals surface area contributed by atoms with E-state index in [9.17, 15) is 16.8 Å². The van der Waals surface area contributed by atoms with E-state index in [0.29, 0.717) is 11.4 Å². The molecular formula is C18H18N6O6S3. The van der Waals surface area contributed by atoms with Crippen LogP contribution in [0.5, 0.6) is 5.88 Å². The van der Waals surface area contributed by atoms with Crippen LogP contribution in [-0.2, 0) is 26.6 Å². The highest BCUT2D eigenvalue weighted by atomic mass is 32.2. The van der Waals surface area contributed by atoms with Crippen LogP contribution < -0.4 is 14.6 Å². The highest BCUT2D eigenvalue weighted by Crippen LogP contribution is 2.36. The Morgan fingerprint density at radius 2 is 1.91 bits per heavy atom. The maximum atomic E-state index is 12.6. The predicted molar refractivity (Wildman–Crippen MR) is 120 cm³/mol. The molecule has 33 heavy (non-hydrogen) atoms. The fourth-order valence-corrected chi connectivity index (χ4v) is 5.87. The first-order chi connectivity index (χ1) is 15.5. The van der Waals surface area contributed by atoms with Crippen LogP contribution in [0.15, 0.2) is 40.9 Å². The lowest BCUT2D eigenvalue weighted by molar-refractivity contribution is 0.398. The summed E-state index contributed by atoms with van der Waals surface area (Å²) in [6, 6.07) is 9.16. The SMILES string of the molecule is COc1cc(-c2ccc3nc(C(c4nnc(CNS(N)(=O)=O)o4)S(C)(=O)=O)sc3c2)ccn1. The molecule has 15 heteroatoms. The second kappa shape index (κ2) is 8.75. The molecule has 4 aromatic rings. The van der Waals surface area contributed by atoms with Gasteiger partial charge in [0.15, 0.2) is 15.1 Å². The van der Waals surface area contributed by atoms with Gasteiger partial charge in [-0.3, -0.25) is 0 Å². The Hall–Kier alpha value is -2.98. The van der Waals surface area contributed by atoms with Gasteiger partial charge in [-0.1, -0.05) is 6.07 Å². The zero-order chi connectivity index (χ0) is 23.8. The molecule has 0 saturated heterocycles. The van der Waals surface area contributed by atoms with E-state index in [2.05, 4.69) is 20.2 Å². The van der Waals surface area contributed by atoms with Crippen LogP contribution in [0.2, 0.25) is 0 Å². The molecule has 0 aliphatic heterocycles. The van der Waals surface area contributed by atoms with Gasteiger partial charge in [0.1, 0.15) is 5.01 Å². The first-order valence-electron chi connectivity index (χ1n) is 9.23. The van der Waals surface area contributed by atoms with Crippen molar-refractivity contribution < 1.29 is 26.0 Å². The van der Waals surface area contributed by atoms with Crippen LogP contribution in [0.25, 0.3) is 21.3 Å². The minimum absolute atomic E-state index is 0.136. The van der Waals surface area contributed by atoms with E-state index in [1.807, 2.05) is 22.9 Å². The van der Waals surface area contributed by atoms with Crippen molar-refractivity contribution >= 4 is 41.6 Å². The third-order valence-corrected chi connectivity index (χ3v) is 7.53. The molecule has 0 aliphatic rings. The Balaban J connectivity index is 1.71. The molecule has 1 atom stereocenters. The predicted octanol–water partition coefficient (Wildman–Crippen LogP) is 1.18. The highest BCUT2D eigenvalue weighted by Gasteiger charge is 2.34. The molecule has 0 saturated carbocycles. The monoisotopic (exact) mass is 510 g/mol. The lowest BCUT2D eigenvalue weighted by Gasteiger charge is -2.07. The Bertz CT molecular complexity index is 1530. The zero-order valence-electron chi connectivity index (χ0n) is 17.3. The summed E-state index contributed by atoms with van der Waals surface area (Å²) in [4.78, 5) is 8.56. The van der Waals surface area contributed by atoms with Gasteiger partial charge in [0.05, 0.1) is 23.9 Å². The lowest BCUT2D eigenvalue weighted by Crippen LogP contribution is -2.30. The second-order valence-corrected chi connectivity index (χ2v) is 11.5. The number of pyridine rings is 1. The molecule has 0 aliphatic carbocycles. The first-order valence-corrected chi connectivity index (χ1v) is 13.5. The normalized spacial score (nSPS) is 13.3. The molecule has 0 radical (unpaired) electrons. The Morgan fingerprint density at radius 1 is 1.15 bits per heavy atom. The summed E-state index contributed by atoms with van der Waals surface area (Å²) in [7, 11) is -6.21. The molecule has 12 nitrogen and oxygen atoms in total. The smallest absolute Gasteiger partial charge is 0.274 e. The topological polar surface area (TPSA) is 180 Å².